The minimum absolute atomic E-state index is 0.193. The molecule has 1 aromatic heterocycles. The van der Waals surface area contributed by atoms with E-state index in [4.69, 9.17) is 5.73 Å². The molecule has 19 heavy (non-hydrogen) atoms. The van der Waals surface area contributed by atoms with E-state index < -0.39 is 0 Å². The summed E-state index contributed by atoms with van der Waals surface area (Å²) in [5.41, 5.74) is 6.60. The average Bonchev–Trinajstić information content (AvgIpc) is 2.32. The number of halogens is 1. The highest BCUT2D eigenvalue weighted by molar-refractivity contribution is 7.99. The number of aromatic nitrogens is 2. The first-order valence-electron chi connectivity index (χ1n) is 5.91. The van der Waals surface area contributed by atoms with Crippen LogP contribution in [0, 0.1) is 5.82 Å². The van der Waals surface area contributed by atoms with Gasteiger partial charge in [0.15, 0.2) is 5.16 Å². The van der Waals surface area contributed by atoms with Gasteiger partial charge in [-0.1, -0.05) is 13.3 Å². The molecule has 2 rings (SSSR count). The lowest BCUT2D eigenvalue weighted by Crippen LogP contribution is -2.09. The van der Waals surface area contributed by atoms with Gasteiger partial charge >= 0.3 is 0 Å². The Bertz CT molecular complexity index is 642. The maximum Gasteiger partial charge on any atom is 0.251 e. The number of aryl methyl sites for hydroxylation is 1. The van der Waals surface area contributed by atoms with E-state index in [9.17, 15) is 9.18 Å². The quantitative estimate of drug-likeness (QED) is 0.666. The summed E-state index contributed by atoms with van der Waals surface area (Å²) in [6, 6.07) is 5.63. The predicted molar refractivity (Wildman–Crippen MR) is 73.8 cm³/mol. The zero-order chi connectivity index (χ0) is 13.8. The third-order valence-electron chi connectivity index (χ3n) is 2.46. The zero-order valence-electron chi connectivity index (χ0n) is 10.4. The molecule has 0 atom stereocenters. The van der Waals surface area contributed by atoms with Crippen LogP contribution in [0.25, 0.3) is 0 Å². The number of nitrogens with one attached hydrogen (secondary N) is 1. The zero-order valence-corrected chi connectivity index (χ0v) is 11.3. The van der Waals surface area contributed by atoms with Crippen LogP contribution in [0.2, 0.25) is 0 Å². The maximum absolute atomic E-state index is 13.0. The molecule has 0 unspecified atom stereocenters. The van der Waals surface area contributed by atoms with E-state index in [0.29, 0.717) is 15.7 Å². The summed E-state index contributed by atoms with van der Waals surface area (Å²) >= 11 is 1.22. The number of nitrogens with zero attached hydrogens (tertiary/aromatic N) is 1. The number of benzene rings is 1. The molecule has 0 radical (unpaired) electrons. The van der Waals surface area contributed by atoms with Gasteiger partial charge in [-0.2, -0.15) is 0 Å². The summed E-state index contributed by atoms with van der Waals surface area (Å²) in [5, 5.41) is 0.467. The molecule has 2 aromatic rings. The van der Waals surface area contributed by atoms with Crippen LogP contribution in [0.15, 0.2) is 39.1 Å². The van der Waals surface area contributed by atoms with E-state index >= 15 is 0 Å². The molecule has 4 nitrogen and oxygen atoms in total. The summed E-state index contributed by atoms with van der Waals surface area (Å²) in [6.07, 6.45) is 1.66. The first-order valence-corrected chi connectivity index (χ1v) is 6.73. The molecule has 6 heteroatoms. The lowest BCUT2D eigenvalue weighted by molar-refractivity contribution is 0.627. The maximum atomic E-state index is 13.0. The third kappa shape index (κ3) is 3.57. The number of aromatic amines is 1. The molecule has 100 valence electrons. The SMILES string of the molecule is CCCc1cc(=O)[nH]c(Sc2ccc(F)cc2N)n1. The lowest BCUT2D eigenvalue weighted by atomic mass is 10.2. The van der Waals surface area contributed by atoms with E-state index in [1.807, 2.05) is 6.92 Å². The van der Waals surface area contributed by atoms with Gasteiger partial charge in [0.05, 0.1) is 0 Å². The summed E-state index contributed by atoms with van der Waals surface area (Å²) in [4.78, 5) is 19.2. The standard InChI is InChI=1S/C13H14FN3OS/c1-2-3-9-7-12(18)17-13(16-9)19-11-5-4-8(14)6-10(11)15/h4-7H,2-3,15H2,1H3,(H,16,17,18). The molecular formula is C13H14FN3OS. The molecule has 0 spiro atoms. The third-order valence-corrected chi connectivity index (χ3v) is 3.44. The predicted octanol–water partition coefficient (Wildman–Crippen LogP) is 2.59. The van der Waals surface area contributed by atoms with E-state index in [0.717, 1.165) is 18.5 Å². The highest BCUT2D eigenvalue weighted by atomic mass is 32.2. The van der Waals surface area contributed by atoms with Gasteiger partial charge in [-0.05, 0) is 36.4 Å². The van der Waals surface area contributed by atoms with E-state index in [1.165, 1.54) is 30.0 Å². The van der Waals surface area contributed by atoms with Crippen molar-refractivity contribution in [1.82, 2.24) is 9.97 Å². The Morgan fingerprint density at radius 1 is 1.42 bits per heavy atom. The highest BCUT2D eigenvalue weighted by Crippen LogP contribution is 2.29. The smallest absolute Gasteiger partial charge is 0.251 e. The van der Waals surface area contributed by atoms with Crippen molar-refractivity contribution in [3.05, 3.63) is 46.1 Å². The summed E-state index contributed by atoms with van der Waals surface area (Å²) in [7, 11) is 0. The fraction of sp³-hybridized carbons (Fsp3) is 0.231. The Morgan fingerprint density at radius 2 is 2.21 bits per heavy atom. The molecule has 1 aromatic carbocycles. The molecule has 0 amide bonds. The fourth-order valence-electron chi connectivity index (χ4n) is 1.63. The van der Waals surface area contributed by atoms with Gasteiger partial charge in [0.25, 0.3) is 5.56 Å². The first-order chi connectivity index (χ1) is 9.08. The normalized spacial score (nSPS) is 10.6. The van der Waals surface area contributed by atoms with Gasteiger partial charge in [0, 0.05) is 22.3 Å². The Labute approximate surface area is 114 Å². The van der Waals surface area contributed by atoms with Gasteiger partial charge in [0.2, 0.25) is 0 Å². The van der Waals surface area contributed by atoms with Crippen molar-refractivity contribution in [1.29, 1.82) is 0 Å². The Morgan fingerprint density at radius 3 is 2.89 bits per heavy atom. The summed E-state index contributed by atoms with van der Waals surface area (Å²) in [6.45, 7) is 2.02. The second kappa shape index (κ2) is 5.88. The van der Waals surface area contributed by atoms with Crippen LogP contribution in [0.4, 0.5) is 10.1 Å². The van der Waals surface area contributed by atoms with Crippen LogP contribution >= 0.6 is 11.8 Å². The van der Waals surface area contributed by atoms with E-state index in [2.05, 4.69) is 9.97 Å². The Hall–Kier alpha value is -1.82. The Balaban J connectivity index is 2.30. The molecule has 0 saturated heterocycles. The fourth-order valence-corrected chi connectivity index (χ4v) is 2.47. The van der Waals surface area contributed by atoms with E-state index in [1.54, 1.807) is 6.07 Å². The molecule has 0 aliphatic heterocycles. The van der Waals surface area contributed by atoms with Gasteiger partial charge in [-0.3, -0.25) is 4.79 Å². The molecular weight excluding hydrogens is 265 g/mol. The molecule has 0 bridgehead atoms. The van der Waals surface area contributed by atoms with E-state index in [-0.39, 0.29) is 11.4 Å². The largest absolute Gasteiger partial charge is 0.398 e. The second-order valence-corrected chi connectivity index (χ2v) is 5.11. The minimum atomic E-state index is -0.386. The molecule has 0 fully saturated rings. The van der Waals surface area contributed by atoms with Crippen molar-refractivity contribution in [2.75, 3.05) is 5.73 Å². The molecule has 1 heterocycles. The number of rotatable bonds is 4. The number of nitrogen functional groups attached to an aromatic ring is 1. The van der Waals surface area contributed by atoms with Crippen molar-refractivity contribution >= 4 is 17.4 Å². The van der Waals surface area contributed by atoms with Crippen LogP contribution in [0.5, 0.6) is 0 Å². The van der Waals surface area contributed by atoms with Crippen LogP contribution < -0.4 is 11.3 Å². The van der Waals surface area contributed by atoms with Crippen LogP contribution in [-0.4, -0.2) is 9.97 Å². The number of hydrogen-bond acceptors (Lipinski definition) is 4. The van der Waals surface area contributed by atoms with Gasteiger partial charge in [0.1, 0.15) is 5.82 Å². The molecule has 0 saturated carbocycles. The van der Waals surface area contributed by atoms with Crippen LogP contribution in [-0.2, 0) is 6.42 Å². The van der Waals surface area contributed by atoms with Crippen molar-refractivity contribution in [3.63, 3.8) is 0 Å². The van der Waals surface area contributed by atoms with Crippen molar-refractivity contribution in [2.24, 2.45) is 0 Å². The Kier molecular flexibility index (Phi) is 4.21. The highest BCUT2D eigenvalue weighted by Gasteiger charge is 2.07. The lowest BCUT2D eigenvalue weighted by Gasteiger charge is -2.06. The number of H-pyrrole nitrogens is 1. The number of nitrogens with two attached hydrogens (primary N) is 1. The van der Waals surface area contributed by atoms with Crippen molar-refractivity contribution in [2.45, 2.75) is 29.8 Å². The minimum Gasteiger partial charge on any atom is -0.398 e. The van der Waals surface area contributed by atoms with Gasteiger partial charge in [-0.15, -0.1) is 0 Å². The monoisotopic (exact) mass is 279 g/mol. The average molecular weight is 279 g/mol. The summed E-state index contributed by atoms with van der Waals surface area (Å²) in [5.74, 6) is -0.386. The van der Waals surface area contributed by atoms with Crippen molar-refractivity contribution < 1.29 is 4.39 Å². The van der Waals surface area contributed by atoms with Crippen LogP contribution in [0.3, 0.4) is 0 Å². The molecule has 0 aliphatic carbocycles. The van der Waals surface area contributed by atoms with Crippen molar-refractivity contribution in [3.8, 4) is 0 Å². The van der Waals surface area contributed by atoms with Gasteiger partial charge in [-0.25, -0.2) is 9.37 Å². The molecule has 3 N–H and O–H groups in total. The number of hydrogen-bond donors (Lipinski definition) is 2. The number of anilines is 1. The first kappa shape index (κ1) is 13.6. The molecule has 0 aliphatic rings. The second-order valence-electron chi connectivity index (χ2n) is 4.08. The topological polar surface area (TPSA) is 71.8 Å². The van der Waals surface area contributed by atoms with Crippen LogP contribution in [0.1, 0.15) is 19.0 Å². The van der Waals surface area contributed by atoms with Gasteiger partial charge < -0.3 is 10.7 Å². The summed E-state index contributed by atoms with van der Waals surface area (Å²) < 4.78 is 13.0.